The van der Waals surface area contributed by atoms with Gasteiger partial charge < -0.3 is 14.0 Å². The van der Waals surface area contributed by atoms with Crippen molar-refractivity contribution >= 4 is 22.1 Å². The van der Waals surface area contributed by atoms with Gasteiger partial charge in [-0.15, -0.1) is 0 Å². The van der Waals surface area contributed by atoms with Crippen molar-refractivity contribution in [2.24, 2.45) is 0 Å². The molecule has 0 aromatic heterocycles. The number of esters is 1. The summed E-state index contributed by atoms with van der Waals surface area (Å²) in [6, 6.07) is 6.34. The van der Waals surface area contributed by atoms with Gasteiger partial charge >= 0.3 is 22.1 Å². The van der Waals surface area contributed by atoms with Gasteiger partial charge in [-0.1, -0.05) is 29.3 Å². The summed E-state index contributed by atoms with van der Waals surface area (Å²) in [4.78, 5) is 23.6. The van der Waals surface area contributed by atoms with Gasteiger partial charge in [0.15, 0.2) is 5.75 Å². The van der Waals surface area contributed by atoms with Gasteiger partial charge in [-0.2, -0.15) is 8.42 Å². The molecule has 0 saturated heterocycles. The molecule has 1 aliphatic heterocycles. The standard InChI is InChI=1S/C26H28O7S/c1-15-4-10-19(11-5-15)34(30,31)33-25-20(12-6-16(2)7-13-22(27)28)23(18-8-9-18)17(3)21-14-32-26(29)24(21)25/h4-6,10-11,18H,7-9,12-14H2,1-3H3,(H,27,28). The first-order valence-electron chi connectivity index (χ1n) is 11.3. The van der Waals surface area contributed by atoms with Crippen LogP contribution in [0.3, 0.4) is 0 Å². The monoisotopic (exact) mass is 484 g/mol. The second-order valence-corrected chi connectivity index (χ2v) is 10.6. The average Bonchev–Trinajstić information content (AvgIpc) is 3.54. The lowest BCUT2D eigenvalue weighted by atomic mass is 9.88. The van der Waals surface area contributed by atoms with Crippen LogP contribution in [0.5, 0.6) is 5.75 Å². The molecule has 1 heterocycles. The number of allylic oxidation sites excluding steroid dienone is 2. The van der Waals surface area contributed by atoms with E-state index < -0.39 is 22.1 Å². The smallest absolute Gasteiger partial charge is 0.342 e. The van der Waals surface area contributed by atoms with Crippen LogP contribution in [-0.2, 0) is 32.7 Å². The normalized spacial score (nSPS) is 15.7. The van der Waals surface area contributed by atoms with Crippen molar-refractivity contribution in [2.75, 3.05) is 0 Å². The maximum atomic E-state index is 13.2. The van der Waals surface area contributed by atoms with Crippen molar-refractivity contribution < 1.29 is 32.0 Å². The van der Waals surface area contributed by atoms with Crippen molar-refractivity contribution in [1.82, 2.24) is 0 Å². The van der Waals surface area contributed by atoms with Gasteiger partial charge in [-0.25, -0.2) is 4.79 Å². The number of ether oxygens (including phenoxy) is 1. The molecule has 1 saturated carbocycles. The van der Waals surface area contributed by atoms with Crippen LogP contribution >= 0.6 is 0 Å². The van der Waals surface area contributed by atoms with Crippen LogP contribution < -0.4 is 4.18 Å². The zero-order chi connectivity index (χ0) is 24.6. The first kappa shape index (κ1) is 24.0. The summed E-state index contributed by atoms with van der Waals surface area (Å²) in [6.45, 7) is 5.74. The number of hydrogen-bond donors (Lipinski definition) is 1. The third kappa shape index (κ3) is 4.87. The fraction of sp³-hybridized carbons (Fsp3) is 0.385. The summed E-state index contributed by atoms with van der Waals surface area (Å²) in [5.41, 5.74) is 5.24. The Kier molecular flexibility index (Phi) is 6.53. The molecule has 8 heteroatoms. The molecule has 2 aromatic rings. The predicted octanol–water partition coefficient (Wildman–Crippen LogP) is 4.97. The molecule has 0 spiro atoms. The lowest BCUT2D eigenvalue weighted by Gasteiger charge is -2.20. The highest BCUT2D eigenvalue weighted by Crippen LogP contribution is 2.49. The highest BCUT2D eigenvalue weighted by molar-refractivity contribution is 7.87. The minimum absolute atomic E-state index is 0.00546. The summed E-state index contributed by atoms with van der Waals surface area (Å²) < 4.78 is 37.4. The van der Waals surface area contributed by atoms with Crippen LogP contribution in [0, 0.1) is 13.8 Å². The van der Waals surface area contributed by atoms with Gasteiger partial charge in [0, 0.05) is 17.5 Å². The van der Waals surface area contributed by atoms with E-state index in [0.29, 0.717) is 24.0 Å². The Morgan fingerprint density at radius 3 is 2.47 bits per heavy atom. The van der Waals surface area contributed by atoms with Crippen molar-refractivity contribution in [1.29, 1.82) is 0 Å². The number of aryl methyl sites for hydroxylation is 1. The van der Waals surface area contributed by atoms with Crippen molar-refractivity contribution in [3.63, 3.8) is 0 Å². The fourth-order valence-corrected chi connectivity index (χ4v) is 5.33. The van der Waals surface area contributed by atoms with Crippen LogP contribution in [0.1, 0.15) is 76.7 Å². The van der Waals surface area contributed by atoms with E-state index in [-0.39, 0.29) is 35.2 Å². The molecular formula is C26H28O7S. The SMILES string of the molecule is CC(=CCc1c(OS(=O)(=O)c2ccc(C)cc2)c2c(c(C)c1C1CC1)COC2=O)CCC(=O)O. The molecule has 2 aromatic carbocycles. The topological polar surface area (TPSA) is 107 Å². The Morgan fingerprint density at radius 2 is 1.85 bits per heavy atom. The van der Waals surface area contributed by atoms with E-state index in [4.69, 9.17) is 14.0 Å². The molecule has 4 rings (SSSR count). The maximum Gasteiger partial charge on any atom is 0.342 e. The summed E-state index contributed by atoms with van der Waals surface area (Å²) in [5.74, 6) is -1.17. The number of fused-ring (bicyclic) bond motifs is 1. The molecule has 1 aliphatic carbocycles. The number of carboxylic acid groups (broad SMARTS) is 1. The Morgan fingerprint density at radius 1 is 1.18 bits per heavy atom. The molecule has 1 fully saturated rings. The van der Waals surface area contributed by atoms with Gasteiger partial charge in [-0.3, -0.25) is 4.79 Å². The van der Waals surface area contributed by atoms with E-state index in [9.17, 15) is 18.0 Å². The zero-order valence-corrected chi connectivity index (χ0v) is 20.3. The molecule has 180 valence electrons. The Balaban J connectivity index is 1.83. The van der Waals surface area contributed by atoms with E-state index in [0.717, 1.165) is 35.1 Å². The molecular weight excluding hydrogens is 456 g/mol. The Hall–Kier alpha value is -3.13. The third-order valence-electron chi connectivity index (χ3n) is 6.41. The molecule has 0 amide bonds. The molecule has 2 aliphatic rings. The van der Waals surface area contributed by atoms with Crippen LogP contribution in [0.4, 0.5) is 0 Å². The van der Waals surface area contributed by atoms with Crippen LogP contribution in [0.25, 0.3) is 0 Å². The second-order valence-electron chi connectivity index (χ2n) is 9.05. The summed E-state index contributed by atoms with van der Waals surface area (Å²) in [6.07, 6.45) is 4.58. The number of benzene rings is 2. The number of hydrogen-bond acceptors (Lipinski definition) is 6. The summed E-state index contributed by atoms with van der Waals surface area (Å²) in [7, 11) is -4.20. The number of aliphatic carboxylic acids is 1. The van der Waals surface area contributed by atoms with E-state index in [1.165, 1.54) is 12.1 Å². The molecule has 1 N–H and O–H groups in total. The number of carboxylic acids is 1. The minimum Gasteiger partial charge on any atom is -0.481 e. The molecule has 0 atom stereocenters. The Bertz CT molecular complexity index is 1280. The number of carbonyl (C=O) groups excluding carboxylic acids is 1. The fourth-order valence-electron chi connectivity index (χ4n) is 4.36. The number of cyclic esters (lactones) is 1. The predicted molar refractivity (Wildman–Crippen MR) is 126 cm³/mol. The quantitative estimate of drug-likeness (QED) is 0.304. The molecule has 0 radical (unpaired) electrons. The molecule has 0 bridgehead atoms. The largest absolute Gasteiger partial charge is 0.481 e. The highest BCUT2D eigenvalue weighted by atomic mass is 32.2. The molecule has 7 nitrogen and oxygen atoms in total. The summed E-state index contributed by atoms with van der Waals surface area (Å²) >= 11 is 0. The van der Waals surface area contributed by atoms with Crippen LogP contribution in [0.2, 0.25) is 0 Å². The van der Waals surface area contributed by atoms with Gasteiger partial charge in [-0.05, 0) is 75.6 Å². The van der Waals surface area contributed by atoms with Crippen molar-refractivity contribution in [3.05, 3.63) is 69.3 Å². The average molecular weight is 485 g/mol. The zero-order valence-electron chi connectivity index (χ0n) is 19.5. The molecule has 0 unspecified atom stereocenters. The van der Waals surface area contributed by atoms with E-state index >= 15 is 0 Å². The van der Waals surface area contributed by atoms with E-state index in [1.54, 1.807) is 12.1 Å². The van der Waals surface area contributed by atoms with Gasteiger partial charge in [0.25, 0.3) is 0 Å². The number of carbonyl (C=O) groups is 2. The third-order valence-corrected chi connectivity index (χ3v) is 7.65. The van der Waals surface area contributed by atoms with Gasteiger partial charge in [0.05, 0.1) is 0 Å². The van der Waals surface area contributed by atoms with Crippen molar-refractivity contribution in [3.8, 4) is 5.75 Å². The van der Waals surface area contributed by atoms with Gasteiger partial charge in [0.1, 0.15) is 17.1 Å². The van der Waals surface area contributed by atoms with Crippen LogP contribution in [-0.4, -0.2) is 25.5 Å². The minimum atomic E-state index is -4.20. The maximum absolute atomic E-state index is 13.2. The van der Waals surface area contributed by atoms with Crippen LogP contribution in [0.15, 0.2) is 40.8 Å². The van der Waals surface area contributed by atoms with E-state index in [2.05, 4.69) is 0 Å². The molecule has 34 heavy (non-hydrogen) atoms. The summed E-state index contributed by atoms with van der Waals surface area (Å²) in [5, 5.41) is 8.98. The first-order valence-corrected chi connectivity index (χ1v) is 12.7. The lowest BCUT2D eigenvalue weighted by Crippen LogP contribution is -2.16. The number of rotatable bonds is 9. The van der Waals surface area contributed by atoms with Gasteiger partial charge in [0.2, 0.25) is 0 Å². The highest BCUT2D eigenvalue weighted by Gasteiger charge is 2.38. The first-order chi connectivity index (χ1) is 16.1. The lowest BCUT2D eigenvalue weighted by molar-refractivity contribution is -0.136. The second kappa shape index (κ2) is 9.25. The van der Waals surface area contributed by atoms with Crippen molar-refractivity contribution in [2.45, 2.75) is 70.3 Å². The van der Waals surface area contributed by atoms with E-state index in [1.807, 2.05) is 26.8 Å². The Labute approximate surface area is 199 Å².